The van der Waals surface area contributed by atoms with E-state index in [-0.39, 0.29) is 6.04 Å². The number of allylic oxidation sites excluding steroid dienone is 2. The molecule has 3 unspecified atom stereocenters. The largest absolute Gasteiger partial charge is 0.329 e. The molecule has 2 heteroatoms. The van der Waals surface area contributed by atoms with E-state index in [9.17, 15) is 0 Å². The quantitative estimate of drug-likeness (QED) is 0.721. The second-order valence-corrected chi connectivity index (χ2v) is 10.1. The van der Waals surface area contributed by atoms with Crippen LogP contribution in [-0.2, 0) is 0 Å². The lowest BCUT2D eigenvalue weighted by atomic mass is 9.45. The Morgan fingerprint density at radius 1 is 1.21 bits per heavy atom. The first kappa shape index (κ1) is 18.5. The highest BCUT2D eigenvalue weighted by atomic mass is 14.7. The lowest BCUT2D eigenvalue weighted by molar-refractivity contribution is -0.0630. The van der Waals surface area contributed by atoms with Crippen molar-refractivity contribution in [2.45, 2.75) is 85.1 Å². The summed E-state index contributed by atoms with van der Waals surface area (Å²) in [4.78, 5) is 0. The van der Waals surface area contributed by atoms with Gasteiger partial charge in [-0.1, -0.05) is 45.8 Å². The number of fused-ring (bicyclic) bond motifs is 3. The van der Waals surface area contributed by atoms with E-state index < -0.39 is 0 Å². The third-order valence-corrected chi connectivity index (χ3v) is 8.26. The van der Waals surface area contributed by atoms with Gasteiger partial charge >= 0.3 is 0 Å². The van der Waals surface area contributed by atoms with Crippen LogP contribution in [0.25, 0.3) is 0 Å². The van der Waals surface area contributed by atoms with Gasteiger partial charge in [0, 0.05) is 12.6 Å². The lowest BCUT2D eigenvalue weighted by Crippen LogP contribution is -2.52. The molecule has 0 radical (unpaired) electrons. The maximum atomic E-state index is 6.30. The molecule has 0 aromatic heterocycles. The van der Waals surface area contributed by atoms with Crippen LogP contribution in [-0.4, -0.2) is 12.6 Å². The Morgan fingerprint density at radius 3 is 2.62 bits per heavy atom. The predicted octanol–water partition coefficient (Wildman–Crippen LogP) is 4.88. The molecule has 0 aromatic carbocycles. The topological polar surface area (TPSA) is 52.0 Å². The molecule has 3 rings (SSSR count). The molecule has 0 aliphatic heterocycles. The van der Waals surface area contributed by atoms with Gasteiger partial charge in [-0.25, -0.2) is 0 Å². The predicted molar refractivity (Wildman–Crippen MR) is 104 cm³/mol. The van der Waals surface area contributed by atoms with E-state index in [0.717, 1.165) is 30.1 Å². The van der Waals surface area contributed by atoms with Gasteiger partial charge in [0.05, 0.1) is 0 Å². The molecule has 2 saturated carbocycles. The molecule has 0 spiro atoms. The highest BCUT2D eigenvalue weighted by Crippen LogP contribution is 2.63. The van der Waals surface area contributed by atoms with E-state index in [1.165, 1.54) is 44.9 Å². The Morgan fingerprint density at radius 2 is 1.96 bits per heavy atom. The van der Waals surface area contributed by atoms with Crippen LogP contribution < -0.4 is 11.5 Å². The standard InChI is InChI=1S/C22H40N2/c1-15(2)16-6-8-19-17(12-16)7-9-20-21(3,13-18(24)14-23)10-5-11-22(19,20)4/h7,15-16,18-20H,5-6,8-14,23-24H2,1-4H3/t16?,18?,19-,20?,21-,22-/m1/s1. The molecule has 0 saturated heterocycles. The third-order valence-electron chi connectivity index (χ3n) is 8.26. The van der Waals surface area contributed by atoms with Gasteiger partial charge in [0.1, 0.15) is 0 Å². The fourth-order valence-corrected chi connectivity index (χ4v) is 6.85. The zero-order valence-corrected chi connectivity index (χ0v) is 16.5. The van der Waals surface area contributed by atoms with Crippen molar-refractivity contribution in [2.24, 2.45) is 46.0 Å². The summed E-state index contributed by atoms with van der Waals surface area (Å²) in [5, 5.41) is 0. The Hall–Kier alpha value is -0.340. The molecule has 2 fully saturated rings. The zero-order chi connectivity index (χ0) is 17.5. The van der Waals surface area contributed by atoms with E-state index in [4.69, 9.17) is 11.5 Å². The van der Waals surface area contributed by atoms with Crippen LogP contribution in [0.2, 0.25) is 0 Å². The first-order valence-corrected chi connectivity index (χ1v) is 10.4. The van der Waals surface area contributed by atoms with Crippen molar-refractivity contribution in [3.8, 4) is 0 Å². The smallest absolute Gasteiger partial charge is 0.0168 e. The second kappa shape index (κ2) is 6.76. The van der Waals surface area contributed by atoms with Crippen molar-refractivity contribution < 1.29 is 0 Å². The van der Waals surface area contributed by atoms with E-state index in [1.54, 1.807) is 0 Å². The summed E-state index contributed by atoms with van der Waals surface area (Å²) in [6.45, 7) is 10.6. The zero-order valence-electron chi connectivity index (χ0n) is 16.5. The van der Waals surface area contributed by atoms with Gasteiger partial charge in [-0.2, -0.15) is 0 Å². The van der Waals surface area contributed by atoms with Crippen molar-refractivity contribution >= 4 is 0 Å². The monoisotopic (exact) mass is 332 g/mol. The average molecular weight is 333 g/mol. The minimum absolute atomic E-state index is 0.166. The highest BCUT2D eigenvalue weighted by Gasteiger charge is 2.54. The number of rotatable bonds is 4. The maximum absolute atomic E-state index is 6.30. The first-order valence-electron chi connectivity index (χ1n) is 10.4. The third kappa shape index (κ3) is 3.09. The molecule has 2 nitrogen and oxygen atoms in total. The van der Waals surface area contributed by atoms with Gasteiger partial charge in [-0.05, 0) is 79.4 Å². The fourth-order valence-electron chi connectivity index (χ4n) is 6.85. The van der Waals surface area contributed by atoms with Crippen LogP contribution in [0.5, 0.6) is 0 Å². The minimum atomic E-state index is 0.166. The van der Waals surface area contributed by atoms with Gasteiger partial charge in [-0.15, -0.1) is 0 Å². The summed E-state index contributed by atoms with van der Waals surface area (Å²) in [7, 11) is 0. The minimum Gasteiger partial charge on any atom is -0.329 e. The molecule has 24 heavy (non-hydrogen) atoms. The van der Waals surface area contributed by atoms with Crippen molar-refractivity contribution in [2.75, 3.05) is 6.54 Å². The molecule has 0 amide bonds. The normalized spacial score (nSPS) is 43.8. The summed E-state index contributed by atoms with van der Waals surface area (Å²) in [5.74, 6) is 3.37. The molecule has 4 N–H and O–H groups in total. The molecular weight excluding hydrogens is 292 g/mol. The fraction of sp³-hybridized carbons (Fsp3) is 0.909. The number of hydrogen-bond donors (Lipinski definition) is 2. The lowest BCUT2D eigenvalue weighted by Gasteiger charge is -2.60. The summed E-state index contributed by atoms with van der Waals surface area (Å²) in [6, 6.07) is 0.166. The van der Waals surface area contributed by atoms with Gasteiger partial charge < -0.3 is 11.5 Å². The summed E-state index contributed by atoms with van der Waals surface area (Å²) >= 11 is 0. The van der Waals surface area contributed by atoms with Gasteiger partial charge in [0.25, 0.3) is 0 Å². The first-order chi connectivity index (χ1) is 11.3. The van der Waals surface area contributed by atoms with E-state index in [2.05, 4.69) is 33.8 Å². The Labute approximate surface area is 149 Å². The SMILES string of the molecule is CC(C)C1CC[C@@H]2C(=CCC3[C@@](C)(CC(N)CN)CCC[C@@]32C)C1. The molecule has 6 atom stereocenters. The molecular formula is C22H40N2. The van der Waals surface area contributed by atoms with Crippen LogP contribution in [0.4, 0.5) is 0 Å². The number of nitrogens with two attached hydrogens (primary N) is 2. The van der Waals surface area contributed by atoms with Crippen molar-refractivity contribution in [3.63, 3.8) is 0 Å². The maximum Gasteiger partial charge on any atom is 0.0168 e. The van der Waals surface area contributed by atoms with Crippen LogP contribution in [0.15, 0.2) is 11.6 Å². The van der Waals surface area contributed by atoms with Crippen LogP contribution >= 0.6 is 0 Å². The van der Waals surface area contributed by atoms with Crippen molar-refractivity contribution in [1.82, 2.24) is 0 Å². The molecule has 0 aromatic rings. The summed E-state index contributed by atoms with van der Waals surface area (Å²) < 4.78 is 0. The molecule has 138 valence electrons. The second-order valence-electron chi connectivity index (χ2n) is 10.1. The van der Waals surface area contributed by atoms with E-state index in [0.29, 0.717) is 17.4 Å². The molecule has 3 aliphatic rings. The Bertz CT molecular complexity index is 482. The summed E-state index contributed by atoms with van der Waals surface area (Å²) in [5.41, 5.74) is 14.8. The van der Waals surface area contributed by atoms with Crippen LogP contribution in [0.3, 0.4) is 0 Å². The summed E-state index contributed by atoms with van der Waals surface area (Å²) in [6.07, 6.45) is 13.4. The Balaban J connectivity index is 1.85. The van der Waals surface area contributed by atoms with Crippen molar-refractivity contribution in [3.05, 3.63) is 11.6 Å². The average Bonchev–Trinajstić information content (AvgIpc) is 2.53. The van der Waals surface area contributed by atoms with Crippen LogP contribution in [0, 0.1) is 34.5 Å². The van der Waals surface area contributed by atoms with Gasteiger partial charge in [-0.3, -0.25) is 0 Å². The van der Waals surface area contributed by atoms with Crippen molar-refractivity contribution in [1.29, 1.82) is 0 Å². The number of hydrogen-bond acceptors (Lipinski definition) is 2. The van der Waals surface area contributed by atoms with Gasteiger partial charge in [0.2, 0.25) is 0 Å². The Kier molecular flexibility index (Phi) is 5.20. The van der Waals surface area contributed by atoms with E-state index >= 15 is 0 Å². The molecule has 0 heterocycles. The van der Waals surface area contributed by atoms with E-state index in [1.807, 2.05) is 5.57 Å². The van der Waals surface area contributed by atoms with Gasteiger partial charge in [0.15, 0.2) is 0 Å². The van der Waals surface area contributed by atoms with Crippen LogP contribution in [0.1, 0.15) is 79.1 Å². The highest BCUT2D eigenvalue weighted by molar-refractivity contribution is 5.22. The molecule has 0 bridgehead atoms. The molecule has 3 aliphatic carbocycles.